The first-order valence-corrected chi connectivity index (χ1v) is 10.6. The number of aromatic nitrogens is 1. The molecule has 166 valence electrons. The van der Waals surface area contributed by atoms with Crippen molar-refractivity contribution in [1.29, 1.82) is 0 Å². The zero-order valence-electron chi connectivity index (χ0n) is 17.6. The van der Waals surface area contributed by atoms with Gasteiger partial charge in [0.25, 0.3) is 0 Å². The van der Waals surface area contributed by atoms with Crippen LogP contribution in [0.3, 0.4) is 0 Å². The van der Waals surface area contributed by atoms with Gasteiger partial charge >= 0.3 is 0 Å². The summed E-state index contributed by atoms with van der Waals surface area (Å²) in [6.45, 7) is 2.29. The fourth-order valence-electron chi connectivity index (χ4n) is 3.74. The molecule has 0 aliphatic carbocycles. The summed E-state index contributed by atoms with van der Waals surface area (Å²) >= 11 is 0. The molecule has 0 saturated carbocycles. The number of nitrogens with two attached hydrogens (primary N) is 1. The molecule has 0 radical (unpaired) electrons. The highest BCUT2D eigenvalue weighted by atomic mass is 19.1. The predicted molar refractivity (Wildman–Crippen MR) is 123 cm³/mol. The maximum atomic E-state index is 13.4. The van der Waals surface area contributed by atoms with Crippen molar-refractivity contribution in [3.05, 3.63) is 77.4 Å². The molecule has 1 aliphatic heterocycles. The molecule has 32 heavy (non-hydrogen) atoms. The van der Waals surface area contributed by atoms with Crippen LogP contribution in [0.25, 0.3) is 0 Å². The Labute approximate surface area is 185 Å². The first-order valence-electron chi connectivity index (χ1n) is 10.6. The molecule has 2 heterocycles. The number of halogens is 2. The molecule has 4 rings (SSSR count). The molecule has 1 saturated heterocycles. The Bertz CT molecular complexity index is 1080. The lowest BCUT2D eigenvalue weighted by molar-refractivity contribution is -0.115. The fourth-order valence-corrected chi connectivity index (χ4v) is 3.74. The van der Waals surface area contributed by atoms with Crippen LogP contribution in [0.15, 0.2) is 54.6 Å². The van der Waals surface area contributed by atoms with Crippen molar-refractivity contribution in [3.8, 4) is 0 Å². The highest BCUT2D eigenvalue weighted by Gasteiger charge is 2.19. The molecule has 2 aromatic carbocycles. The number of nitrogens with zero attached hydrogens (tertiary/aromatic N) is 2. The van der Waals surface area contributed by atoms with Gasteiger partial charge in [-0.15, -0.1) is 0 Å². The summed E-state index contributed by atoms with van der Waals surface area (Å²) in [5.74, 6) is -0.398. The van der Waals surface area contributed by atoms with Gasteiger partial charge in [-0.3, -0.25) is 4.79 Å². The van der Waals surface area contributed by atoms with Crippen LogP contribution in [-0.2, 0) is 17.8 Å². The molecular weight excluding hydrogens is 412 g/mol. The van der Waals surface area contributed by atoms with Crippen molar-refractivity contribution in [2.24, 2.45) is 0 Å². The average Bonchev–Trinajstić information content (AvgIpc) is 3.28. The topological polar surface area (TPSA) is 83.3 Å². The molecule has 6 nitrogen and oxygen atoms in total. The van der Waals surface area contributed by atoms with Crippen LogP contribution < -0.4 is 21.3 Å². The van der Waals surface area contributed by atoms with Gasteiger partial charge in [0.15, 0.2) is 5.82 Å². The van der Waals surface area contributed by atoms with Gasteiger partial charge in [0.1, 0.15) is 17.5 Å². The molecule has 3 aromatic rings. The van der Waals surface area contributed by atoms with Gasteiger partial charge in [-0.05, 0) is 60.4 Å². The number of amides is 1. The number of carbonyl (C=O) groups excluding carboxylic acids is 1. The van der Waals surface area contributed by atoms with Gasteiger partial charge in [0, 0.05) is 31.4 Å². The Kier molecular flexibility index (Phi) is 6.49. The Morgan fingerprint density at radius 2 is 1.66 bits per heavy atom. The van der Waals surface area contributed by atoms with Gasteiger partial charge < -0.3 is 21.3 Å². The van der Waals surface area contributed by atoms with Crippen molar-refractivity contribution < 1.29 is 13.6 Å². The summed E-state index contributed by atoms with van der Waals surface area (Å²) in [5, 5.41) is 6.15. The van der Waals surface area contributed by atoms with E-state index in [2.05, 4.69) is 15.5 Å². The minimum atomic E-state index is -0.705. The lowest BCUT2D eigenvalue weighted by Crippen LogP contribution is -2.23. The summed E-state index contributed by atoms with van der Waals surface area (Å²) in [6, 6.07) is 14.3. The highest BCUT2D eigenvalue weighted by Crippen LogP contribution is 2.29. The van der Waals surface area contributed by atoms with Crippen LogP contribution in [0, 0.1) is 11.6 Å². The summed E-state index contributed by atoms with van der Waals surface area (Å²) in [4.78, 5) is 19.4. The zero-order chi connectivity index (χ0) is 22.5. The monoisotopic (exact) mass is 437 g/mol. The number of pyridine rings is 1. The number of benzene rings is 2. The maximum absolute atomic E-state index is 13.4. The van der Waals surface area contributed by atoms with E-state index >= 15 is 0 Å². The van der Waals surface area contributed by atoms with Crippen molar-refractivity contribution in [2.45, 2.75) is 25.8 Å². The Morgan fingerprint density at radius 3 is 2.34 bits per heavy atom. The maximum Gasteiger partial charge on any atom is 0.228 e. The number of carbonyl (C=O) groups is 1. The van der Waals surface area contributed by atoms with E-state index in [0.29, 0.717) is 29.6 Å². The standard InChI is InChI=1S/C24H25F2N5O/c25-18-11-17(12-19(26)14-18)13-23(32)29-21-7-8-22(30-24(21)31-9-1-2-10-31)28-15-16-3-5-20(27)6-4-16/h3-8,11-12,14H,1-2,9-10,13,15,27H2,(H,28,30)(H,29,32). The van der Waals surface area contributed by atoms with Crippen molar-refractivity contribution in [2.75, 3.05) is 34.4 Å². The minimum Gasteiger partial charge on any atom is -0.399 e. The summed E-state index contributed by atoms with van der Waals surface area (Å²) in [6.07, 6.45) is 1.98. The van der Waals surface area contributed by atoms with E-state index in [0.717, 1.165) is 49.7 Å². The second-order valence-electron chi connectivity index (χ2n) is 7.86. The molecule has 0 bridgehead atoms. The smallest absolute Gasteiger partial charge is 0.228 e. The molecule has 1 fully saturated rings. The molecule has 4 N–H and O–H groups in total. The molecule has 1 aliphatic rings. The lowest BCUT2D eigenvalue weighted by atomic mass is 10.1. The minimum absolute atomic E-state index is 0.134. The second-order valence-corrected chi connectivity index (χ2v) is 7.86. The number of anilines is 4. The predicted octanol–water partition coefficient (Wildman–Crippen LogP) is 4.34. The van der Waals surface area contributed by atoms with Gasteiger partial charge in [0.2, 0.25) is 5.91 Å². The second kappa shape index (κ2) is 9.64. The van der Waals surface area contributed by atoms with E-state index in [1.165, 1.54) is 0 Å². The lowest BCUT2D eigenvalue weighted by Gasteiger charge is -2.21. The number of nitrogen functional groups attached to an aromatic ring is 1. The van der Waals surface area contributed by atoms with Crippen LogP contribution in [0.2, 0.25) is 0 Å². The first kappa shape index (κ1) is 21.5. The van der Waals surface area contributed by atoms with E-state index in [-0.39, 0.29) is 17.9 Å². The van der Waals surface area contributed by atoms with Crippen molar-refractivity contribution in [3.63, 3.8) is 0 Å². The third-order valence-electron chi connectivity index (χ3n) is 5.30. The Balaban J connectivity index is 1.49. The Hall–Kier alpha value is -3.68. The SMILES string of the molecule is Nc1ccc(CNc2ccc(NC(=O)Cc3cc(F)cc(F)c3)c(N3CCCC3)n2)cc1. The van der Waals surface area contributed by atoms with Crippen LogP contribution in [-0.4, -0.2) is 24.0 Å². The van der Waals surface area contributed by atoms with Gasteiger partial charge in [-0.2, -0.15) is 0 Å². The third kappa shape index (κ3) is 5.51. The van der Waals surface area contributed by atoms with Crippen LogP contribution >= 0.6 is 0 Å². The zero-order valence-corrected chi connectivity index (χ0v) is 17.6. The highest BCUT2D eigenvalue weighted by molar-refractivity contribution is 5.95. The molecule has 0 unspecified atom stereocenters. The third-order valence-corrected chi connectivity index (χ3v) is 5.30. The number of nitrogens with one attached hydrogen (secondary N) is 2. The van der Waals surface area contributed by atoms with E-state index in [4.69, 9.17) is 10.7 Å². The van der Waals surface area contributed by atoms with E-state index in [1.807, 2.05) is 24.3 Å². The quantitative estimate of drug-likeness (QED) is 0.479. The largest absolute Gasteiger partial charge is 0.399 e. The summed E-state index contributed by atoms with van der Waals surface area (Å²) in [5.41, 5.74) is 8.37. The number of hydrogen-bond donors (Lipinski definition) is 3. The number of hydrogen-bond acceptors (Lipinski definition) is 5. The Morgan fingerprint density at radius 1 is 0.969 bits per heavy atom. The molecule has 1 aromatic heterocycles. The van der Waals surface area contributed by atoms with Crippen molar-refractivity contribution >= 4 is 28.9 Å². The first-order chi connectivity index (χ1) is 15.5. The fraction of sp³-hybridized carbons (Fsp3) is 0.250. The number of rotatable bonds is 7. The average molecular weight is 437 g/mol. The molecular formula is C24H25F2N5O. The molecule has 8 heteroatoms. The summed E-state index contributed by atoms with van der Waals surface area (Å²) in [7, 11) is 0. The van der Waals surface area contributed by atoms with E-state index < -0.39 is 11.6 Å². The van der Waals surface area contributed by atoms with Crippen LogP contribution in [0.1, 0.15) is 24.0 Å². The van der Waals surface area contributed by atoms with Crippen LogP contribution in [0.4, 0.5) is 31.8 Å². The molecule has 1 amide bonds. The van der Waals surface area contributed by atoms with Gasteiger partial charge in [0.05, 0.1) is 12.1 Å². The van der Waals surface area contributed by atoms with E-state index in [1.54, 1.807) is 12.1 Å². The van der Waals surface area contributed by atoms with Crippen molar-refractivity contribution in [1.82, 2.24) is 4.98 Å². The van der Waals surface area contributed by atoms with Crippen LogP contribution in [0.5, 0.6) is 0 Å². The van der Waals surface area contributed by atoms with Gasteiger partial charge in [-0.1, -0.05) is 12.1 Å². The molecule has 0 atom stereocenters. The molecule has 0 spiro atoms. The van der Waals surface area contributed by atoms with E-state index in [9.17, 15) is 13.6 Å². The summed E-state index contributed by atoms with van der Waals surface area (Å²) < 4.78 is 26.9. The normalized spacial score (nSPS) is 13.2. The van der Waals surface area contributed by atoms with Gasteiger partial charge in [-0.25, -0.2) is 13.8 Å².